The van der Waals surface area contributed by atoms with Crippen LogP contribution < -0.4 is 5.32 Å². The van der Waals surface area contributed by atoms with Gasteiger partial charge in [-0.3, -0.25) is 0 Å². The second kappa shape index (κ2) is 8.39. The molecule has 1 atom stereocenters. The Bertz CT molecular complexity index is 1070. The molecule has 1 fully saturated rings. The predicted octanol–water partition coefficient (Wildman–Crippen LogP) is 4.94. The number of nitrogens with zero attached hydrogens (tertiary/aromatic N) is 4. The minimum Gasteiger partial charge on any atom is -0.314 e. The van der Waals surface area contributed by atoms with Crippen LogP contribution in [0.1, 0.15) is 36.1 Å². The van der Waals surface area contributed by atoms with Crippen molar-refractivity contribution >= 4 is 23.3 Å². The highest BCUT2D eigenvalue weighted by atomic mass is 35.5. The average molecular weight is 432 g/mol. The molecule has 0 spiro atoms. The molecule has 1 aliphatic heterocycles. The summed E-state index contributed by atoms with van der Waals surface area (Å²) in [5.74, 6) is -0.109. The van der Waals surface area contributed by atoms with Gasteiger partial charge in [-0.25, -0.2) is 13.6 Å². The molecule has 0 bridgehead atoms. The molecule has 30 heavy (non-hydrogen) atoms. The van der Waals surface area contributed by atoms with Gasteiger partial charge in [-0.05, 0) is 49.6 Å². The molecule has 156 valence electrons. The fourth-order valence-corrected chi connectivity index (χ4v) is 3.79. The van der Waals surface area contributed by atoms with Gasteiger partial charge in [-0.15, -0.1) is 10.2 Å². The zero-order valence-electron chi connectivity index (χ0n) is 16.3. The molecule has 0 aliphatic carbocycles. The van der Waals surface area contributed by atoms with Gasteiger partial charge in [0.2, 0.25) is 0 Å². The minimum atomic E-state index is -0.819. The van der Waals surface area contributed by atoms with Gasteiger partial charge in [0.05, 0.1) is 18.3 Å². The van der Waals surface area contributed by atoms with E-state index in [0.29, 0.717) is 23.9 Å². The van der Waals surface area contributed by atoms with E-state index in [1.54, 1.807) is 4.90 Å². The van der Waals surface area contributed by atoms with E-state index in [1.807, 2.05) is 35.8 Å². The van der Waals surface area contributed by atoms with Gasteiger partial charge in [0.1, 0.15) is 17.5 Å². The Labute approximate surface area is 177 Å². The second-order valence-electron chi connectivity index (χ2n) is 7.22. The molecule has 4 rings (SSSR count). The van der Waals surface area contributed by atoms with Crippen molar-refractivity contribution in [3.63, 3.8) is 0 Å². The molecule has 2 aromatic carbocycles. The number of nitrogens with one attached hydrogen (secondary N) is 1. The van der Waals surface area contributed by atoms with Crippen LogP contribution in [-0.4, -0.2) is 32.2 Å². The van der Waals surface area contributed by atoms with Crippen molar-refractivity contribution in [3.8, 4) is 0 Å². The maximum Gasteiger partial charge on any atom is 0.322 e. The summed E-state index contributed by atoms with van der Waals surface area (Å²) in [4.78, 5) is 14.4. The third kappa shape index (κ3) is 4.14. The quantitative estimate of drug-likeness (QED) is 0.636. The molecule has 2 heterocycles. The number of carbonyl (C=O) groups excluding carboxylic acids is 1. The number of likely N-dealkylation sites (tertiary alicyclic amines) is 1. The molecule has 1 unspecified atom stereocenters. The third-order valence-electron chi connectivity index (χ3n) is 5.20. The van der Waals surface area contributed by atoms with Crippen molar-refractivity contribution < 1.29 is 13.6 Å². The predicted molar refractivity (Wildman–Crippen MR) is 109 cm³/mol. The highest BCUT2D eigenvalue weighted by Crippen LogP contribution is 2.32. The van der Waals surface area contributed by atoms with Crippen LogP contribution in [0.2, 0.25) is 5.02 Å². The van der Waals surface area contributed by atoms with Crippen LogP contribution in [0.5, 0.6) is 0 Å². The van der Waals surface area contributed by atoms with Crippen LogP contribution in [0.15, 0.2) is 42.5 Å². The van der Waals surface area contributed by atoms with Gasteiger partial charge in [0, 0.05) is 17.6 Å². The molecule has 9 heteroatoms. The van der Waals surface area contributed by atoms with Gasteiger partial charge < -0.3 is 14.8 Å². The number of urea groups is 1. The summed E-state index contributed by atoms with van der Waals surface area (Å²) in [5.41, 5.74) is 0.969. The van der Waals surface area contributed by atoms with Crippen molar-refractivity contribution in [1.82, 2.24) is 19.7 Å². The minimum absolute atomic E-state index is 0.0640. The van der Waals surface area contributed by atoms with Crippen molar-refractivity contribution in [2.75, 3.05) is 11.9 Å². The summed E-state index contributed by atoms with van der Waals surface area (Å²) >= 11 is 5.97. The summed E-state index contributed by atoms with van der Waals surface area (Å²) in [7, 11) is 0. The fourth-order valence-electron chi connectivity index (χ4n) is 3.67. The Morgan fingerprint density at radius 2 is 1.97 bits per heavy atom. The topological polar surface area (TPSA) is 63.1 Å². The lowest BCUT2D eigenvalue weighted by atomic mass is 10.2. The van der Waals surface area contributed by atoms with Crippen LogP contribution in [0, 0.1) is 18.6 Å². The smallest absolute Gasteiger partial charge is 0.314 e. The molecule has 3 aromatic rings. The van der Waals surface area contributed by atoms with Gasteiger partial charge in [-0.1, -0.05) is 23.7 Å². The van der Waals surface area contributed by atoms with E-state index in [0.717, 1.165) is 36.4 Å². The summed E-state index contributed by atoms with van der Waals surface area (Å²) < 4.78 is 29.0. The number of aromatic nitrogens is 3. The van der Waals surface area contributed by atoms with E-state index in [-0.39, 0.29) is 11.7 Å². The number of hydrogen-bond acceptors (Lipinski definition) is 3. The number of anilines is 1. The summed E-state index contributed by atoms with van der Waals surface area (Å²) in [6.07, 6.45) is 1.51. The molecule has 1 N–H and O–H groups in total. The highest BCUT2D eigenvalue weighted by molar-refractivity contribution is 6.30. The first kappa shape index (κ1) is 20.3. The van der Waals surface area contributed by atoms with E-state index in [9.17, 15) is 13.6 Å². The zero-order valence-corrected chi connectivity index (χ0v) is 17.0. The Morgan fingerprint density at radius 3 is 2.70 bits per heavy atom. The molecular formula is C21H20ClF2N5O. The molecule has 1 aromatic heterocycles. The van der Waals surface area contributed by atoms with Gasteiger partial charge in [-0.2, -0.15) is 0 Å². The largest absolute Gasteiger partial charge is 0.322 e. The number of rotatable bonds is 4. The van der Waals surface area contributed by atoms with Crippen LogP contribution in [0.25, 0.3) is 0 Å². The first-order valence-electron chi connectivity index (χ1n) is 9.59. The normalized spacial score (nSPS) is 16.1. The molecule has 0 saturated carbocycles. The maximum atomic E-state index is 13.9. The van der Waals surface area contributed by atoms with Crippen molar-refractivity contribution in [3.05, 3.63) is 76.3 Å². The van der Waals surface area contributed by atoms with Gasteiger partial charge in [0.25, 0.3) is 0 Å². The molecule has 1 aliphatic rings. The zero-order chi connectivity index (χ0) is 21.3. The number of hydrogen-bond donors (Lipinski definition) is 1. The van der Waals surface area contributed by atoms with Crippen LogP contribution in [0.3, 0.4) is 0 Å². The Balaban J connectivity index is 1.56. The van der Waals surface area contributed by atoms with Crippen molar-refractivity contribution in [1.29, 1.82) is 0 Å². The van der Waals surface area contributed by atoms with E-state index in [1.165, 1.54) is 6.07 Å². The molecule has 1 saturated heterocycles. The number of amides is 2. The summed E-state index contributed by atoms with van der Waals surface area (Å²) in [6.45, 7) is 2.91. The molecule has 0 radical (unpaired) electrons. The van der Waals surface area contributed by atoms with Crippen LogP contribution in [0.4, 0.5) is 19.3 Å². The average Bonchev–Trinajstić information content (AvgIpc) is 3.33. The number of carbonyl (C=O) groups is 1. The molecular weight excluding hydrogens is 412 g/mol. The number of benzene rings is 2. The number of aryl methyl sites for hydroxylation is 1. The lowest BCUT2D eigenvalue weighted by molar-refractivity contribution is 0.203. The Hall–Kier alpha value is -3.00. The van der Waals surface area contributed by atoms with E-state index in [2.05, 4.69) is 15.5 Å². The third-order valence-corrected chi connectivity index (χ3v) is 5.45. The highest BCUT2D eigenvalue weighted by Gasteiger charge is 2.34. The van der Waals surface area contributed by atoms with Gasteiger partial charge >= 0.3 is 6.03 Å². The fraction of sp³-hybridized carbons (Fsp3) is 0.286. The van der Waals surface area contributed by atoms with E-state index < -0.39 is 17.7 Å². The first-order valence-corrected chi connectivity index (χ1v) is 9.97. The van der Waals surface area contributed by atoms with E-state index in [4.69, 9.17) is 11.6 Å². The van der Waals surface area contributed by atoms with Gasteiger partial charge in [0.15, 0.2) is 5.82 Å². The standard InChI is InChI=1S/C21H20ClF2N5O/c1-13-26-27-20(29(13)12-14-4-6-15(22)7-5-14)19-3-2-10-28(19)21(30)25-18-9-8-16(23)11-17(18)24/h4-9,11,19H,2-3,10,12H2,1H3,(H,25,30). The SMILES string of the molecule is Cc1nnc(C2CCCN2C(=O)Nc2ccc(F)cc2F)n1Cc1ccc(Cl)cc1. The maximum absolute atomic E-state index is 13.9. The summed E-state index contributed by atoms with van der Waals surface area (Å²) in [6, 6.07) is 9.81. The van der Waals surface area contributed by atoms with Crippen LogP contribution >= 0.6 is 11.6 Å². The second-order valence-corrected chi connectivity index (χ2v) is 7.66. The Morgan fingerprint density at radius 1 is 1.20 bits per heavy atom. The van der Waals surface area contributed by atoms with E-state index >= 15 is 0 Å². The monoisotopic (exact) mass is 431 g/mol. The number of halogens is 3. The molecule has 2 amide bonds. The van der Waals surface area contributed by atoms with Crippen molar-refractivity contribution in [2.45, 2.75) is 32.4 Å². The Kier molecular flexibility index (Phi) is 5.67. The van der Waals surface area contributed by atoms with Crippen molar-refractivity contribution in [2.24, 2.45) is 0 Å². The lowest BCUT2D eigenvalue weighted by Gasteiger charge is -2.25. The lowest BCUT2D eigenvalue weighted by Crippen LogP contribution is -2.36. The summed E-state index contributed by atoms with van der Waals surface area (Å²) in [5, 5.41) is 11.7. The first-order chi connectivity index (χ1) is 14.4. The molecule has 6 nitrogen and oxygen atoms in total. The van der Waals surface area contributed by atoms with Crippen LogP contribution in [-0.2, 0) is 6.54 Å².